The SMILES string of the molecule is O=C(C1Cc2nc[nH]c2CN1)N(CCO)C1CCC1. The highest BCUT2D eigenvalue weighted by Crippen LogP contribution is 2.26. The fourth-order valence-corrected chi connectivity index (χ4v) is 2.82. The lowest BCUT2D eigenvalue weighted by molar-refractivity contribution is -0.138. The molecule has 1 saturated carbocycles. The predicted octanol–water partition coefficient (Wildman–Crippen LogP) is -0.203. The predicted molar refractivity (Wildman–Crippen MR) is 69.4 cm³/mol. The number of fused-ring (bicyclic) bond motifs is 1. The zero-order valence-corrected chi connectivity index (χ0v) is 10.9. The quantitative estimate of drug-likeness (QED) is 0.703. The second kappa shape index (κ2) is 5.30. The zero-order valence-electron chi connectivity index (χ0n) is 10.9. The van der Waals surface area contributed by atoms with Crippen LogP contribution in [0.4, 0.5) is 0 Å². The summed E-state index contributed by atoms with van der Waals surface area (Å²) >= 11 is 0. The van der Waals surface area contributed by atoms with Crippen LogP contribution in [0.5, 0.6) is 0 Å². The van der Waals surface area contributed by atoms with E-state index in [4.69, 9.17) is 5.11 Å². The Balaban J connectivity index is 1.69. The number of nitrogens with one attached hydrogen (secondary N) is 2. The van der Waals surface area contributed by atoms with Gasteiger partial charge in [-0.15, -0.1) is 0 Å². The van der Waals surface area contributed by atoms with E-state index in [1.165, 1.54) is 6.42 Å². The van der Waals surface area contributed by atoms with Crippen LogP contribution in [0.3, 0.4) is 0 Å². The Labute approximate surface area is 112 Å². The summed E-state index contributed by atoms with van der Waals surface area (Å²) in [5, 5.41) is 12.4. The van der Waals surface area contributed by atoms with Crippen LogP contribution in [-0.2, 0) is 17.8 Å². The van der Waals surface area contributed by atoms with E-state index in [9.17, 15) is 4.79 Å². The topological polar surface area (TPSA) is 81.2 Å². The molecule has 0 saturated heterocycles. The minimum absolute atomic E-state index is 0.0304. The fraction of sp³-hybridized carbons (Fsp3) is 0.692. The molecule has 3 N–H and O–H groups in total. The molecule has 0 aromatic carbocycles. The first-order chi connectivity index (χ1) is 9.29. The summed E-state index contributed by atoms with van der Waals surface area (Å²) in [6, 6.07) is 0.116. The lowest BCUT2D eigenvalue weighted by Crippen LogP contribution is -2.54. The largest absolute Gasteiger partial charge is 0.395 e. The van der Waals surface area contributed by atoms with Crippen molar-refractivity contribution in [3.63, 3.8) is 0 Å². The molecule has 1 fully saturated rings. The van der Waals surface area contributed by atoms with Gasteiger partial charge in [0.2, 0.25) is 5.91 Å². The van der Waals surface area contributed by atoms with Crippen molar-refractivity contribution in [1.82, 2.24) is 20.2 Å². The number of aliphatic hydroxyl groups excluding tert-OH is 1. The number of H-pyrrole nitrogens is 1. The number of amides is 1. The smallest absolute Gasteiger partial charge is 0.240 e. The van der Waals surface area contributed by atoms with Gasteiger partial charge in [0.15, 0.2) is 0 Å². The van der Waals surface area contributed by atoms with E-state index < -0.39 is 0 Å². The van der Waals surface area contributed by atoms with Crippen molar-refractivity contribution in [2.45, 2.75) is 44.3 Å². The van der Waals surface area contributed by atoms with Crippen LogP contribution in [0.1, 0.15) is 30.7 Å². The number of carbonyl (C=O) groups is 1. The van der Waals surface area contributed by atoms with Crippen LogP contribution in [0, 0.1) is 0 Å². The number of hydrogen-bond acceptors (Lipinski definition) is 4. The van der Waals surface area contributed by atoms with Gasteiger partial charge >= 0.3 is 0 Å². The van der Waals surface area contributed by atoms with Crippen LogP contribution in [0.15, 0.2) is 6.33 Å². The Morgan fingerprint density at radius 1 is 1.53 bits per heavy atom. The monoisotopic (exact) mass is 264 g/mol. The van der Waals surface area contributed by atoms with E-state index in [0.29, 0.717) is 25.6 Å². The molecule has 2 aliphatic rings. The second-order valence-electron chi connectivity index (χ2n) is 5.31. The second-order valence-corrected chi connectivity index (χ2v) is 5.31. The molecular formula is C13H20N4O2. The maximum absolute atomic E-state index is 12.6. The molecule has 1 aliphatic heterocycles. The zero-order chi connectivity index (χ0) is 13.2. The highest BCUT2D eigenvalue weighted by Gasteiger charge is 2.34. The van der Waals surface area contributed by atoms with Gasteiger partial charge in [0.05, 0.1) is 30.4 Å². The van der Waals surface area contributed by atoms with Crippen molar-refractivity contribution in [1.29, 1.82) is 0 Å². The molecule has 0 radical (unpaired) electrons. The van der Waals surface area contributed by atoms with Crippen LogP contribution < -0.4 is 5.32 Å². The van der Waals surface area contributed by atoms with Crippen LogP contribution in [0.25, 0.3) is 0 Å². The lowest BCUT2D eigenvalue weighted by Gasteiger charge is -2.39. The minimum Gasteiger partial charge on any atom is -0.395 e. The van der Waals surface area contributed by atoms with Crippen molar-refractivity contribution >= 4 is 5.91 Å². The van der Waals surface area contributed by atoms with E-state index in [1.54, 1.807) is 6.33 Å². The van der Waals surface area contributed by atoms with Gasteiger partial charge in [0.1, 0.15) is 0 Å². The Morgan fingerprint density at radius 2 is 2.37 bits per heavy atom. The summed E-state index contributed by atoms with van der Waals surface area (Å²) in [6.07, 6.45) is 5.61. The molecular weight excluding hydrogens is 244 g/mol. The van der Waals surface area contributed by atoms with Crippen LogP contribution >= 0.6 is 0 Å². The van der Waals surface area contributed by atoms with E-state index in [-0.39, 0.29) is 18.6 Å². The maximum atomic E-state index is 12.6. The minimum atomic E-state index is -0.206. The van der Waals surface area contributed by atoms with Gasteiger partial charge in [-0.25, -0.2) is 4.98 Å². The first-order valence-corrected chi connectivity index (χ1v) is 6.95. The molecule has 3 rings (SSSR count). The third-order valence-electron chi connectivity index (χ3n) is 4.17. The van der Waals surface area contributed by atoms with Gasteiger partial charge in [-0.3, -0.25) is 10.1 Å². The summed E-state index contributed by atoms with van der Waals surface area (Å²) in [6.45, 7) is 1.13. The summed E-state index contributed by atoms with van der Waals surface area (Å²) in [5.74, 6) is 0.104. The van der Waals surface area contributed by atoms with E-state index in [2.05, 4.69) is 15.3 Å². The molecule has 0 bridgehead atoms. The maximum Gasteiger partial charge on any atom is 0.240 e. The van der Waals surface area contributed by atoms with Crippen molar-refractivity contribution in [3.8, 4) is 0 Å². The number of nitrogens with zero attached hydrogens (tertiary/aromatic N) is 2. The Hall–Kier alpha value is -1.40. The van der Waals surface area contributed by atoms with E-state index >= 15 is 0 Å². The van der Waals surface area contributed by atoms with Crippen molar-refractivity contribution in [2.24, 2.45) is 0 Å². The summed E-state index contributed by atoms with van der Waals surface area (Å²) in [5.41, 5.74) is 2.05. The molecule has 1 atom stereocenters. The number of hydrogen-bond donors (Lipinski definition) is 3. The molecule has 19 heavy (non-hydrogen) atoms. The summed E-state index contributed by atoms with van der Waals surface area (Å²) in [7, 11) is 0. The molecule has 1 unspecified atom stereocenters. The Kier molecular flexibility index (Phi) is 3.52. The van der Waals surface area contributed by atoms with Crippen LogP contribution in [0.2, 0.25) is 0 Å². The summed E-state index contributed by atoms with van der Waals surface area (Å²) < 4.78 is 0. The molecule has 1 aromatic rings. The van der Waals surface area contributed by atoms with Gasteiger partial charge in [0, 0.05) is 25.6 Å². The molecule has 104 valence electrons. The number of rotatable bonds is 4. The summed E-state index contributed by atoms with van der Waals surface area (Å²) in [4.78, 5) is 21.8. The lowest BCUT2D eigenvalue weighted by atomic mass is 9.90. The van der Waals surface area contributed by atoms with E-state index in [1.807, 2.05) is 4.90 Å². The number of imidazole rings is 1. The Morgan fingerprint density at radius 3 is 3.05 bits per heavy atom. The molecule has 6 heteroatoms. The third kappa shape index (κ3) is 2.37. The highest BCUT2D eigenvalue weighted by atomic mass is 16.3. The molecule has 0 spiro atoms. The molecule has 6 nitrogen and oxygen atoms in total. The van der Waals surface area contributed by atoms with Gasteiger partial charge in [0.25, 0.3) is 0 Å². The van der Waals surface area contributed by atoms with Gasteiger partial charge in [-0.1, -0.05) is 0 Å². The average molecular weight is 264 g/mol. The number of aromatic nitrogens is 2. The number of aliphatic hydroxyl groups is 1. The van der Waals surface area contributed by atoms with Crippen LogP contribution in [-0.4, -0.2) is 51.1 Å². The Bertz CT molecular complexity index is 455. The third-order valence-corrected chi connectivity index (χ3v) is 4.17. The fourth-order valence-electron chi connectivity index (χ4n) is 2.82. The molecule has 1 aromatic heterocycles. The van der Waals surface area contributed by atoms with Crippen molar-refractivity contribution in [3.05, 3.63) is 17.7 Å². The van der Waals surface area contributed by atoms with E-state index in [0.717, 1.165) is 24.2 Å². The average Bonchev–Trinajstić information content (AvgIpc) is 2.82. The normalized spacial score (nSPS) is 22.7. The highest BCUT2D eigenvalue weighted by molar-refractivity contribution is 5.83. The molecule has 1 amide bonds. The van der Waals surface area contributed by atoms with Crippen molar-refractivity contribution < 1.29 is 9.90 Å². The van der Waals surface area contributed by atoms with Gasteiger partial charge < -0.3 is 15.0 Å². The van der Waals surface area contributed by atoms with Gasteiger partial charge in [-0.2, -0.15) is 0 Å². The first kappa shape index (κ1) is 12.6. The number of aromatic amines is 1. The molecule has 1 aliphatic carbocycles. The molecule has 2 heterocycles. The van der Waals surface area contributed by atoms with Gasteiger partial charge in [-0.05, 0) is 19.3 Å². The van der Waals surface area contributed by atoms with Crippen molar-refractivity contribution in [2.75, 3.05) is 13.2 Å². The first-order valence-electron chi connectivity index (χ1n) is 6.95. The standard InChI is InChI=1S/C13H20N4O2/c18-5-4-17(9-2-1-3-9)13(19)11-6-10-12(7-14-11)16-8-15-10/h8-9,11,14,18H,1-7H2,(H,15,16). The number of carbonyl (C=O) groups excluding carboxylic acids is 1.